The molecule has 1 amide bonds. The molecule has 1 aliphatic carbocycles. The van der Waals surface area contributed by atoms with Gasteiger partial charge in [-0.2, -0.15) is 0 Å². The molecule has 0 bridgehead atoms. The molecule has 2 rings (SSSR count). The van der Waals surface area contributed by atoms with Gasteiger partial charge in [0.1, 0.15) is 11.5 Å². The van der Waals surface area contributed by atoms with Gasteiger partial charge in [0, 0.05) is 12.6 Å². The molecule has 1 fully saturated rings. The summed E-state index contributed by atoms with van der Waals surface area (Å²) in [6.07, 6.45) is 2.41. The van der Waals surface area contributed by atoms with Gasteiger partial charge < -0.3 is 10.6 Å². The summed E-state index contributed by atoms with van der Waals surface area (Å²) in [5.74, 6) is 1.22. The minimum atomic E-state index is -0.131. The number of carbonyl (C=O) groups is 1. The van der Waals surface area contributed by atoms with Crippen LogP contribution in [0, 0.1) is 5.92 Å². The molecule has 0 saturated heterocycles. The van der Waals surface area contributed by atoms with Crippen LogP contribution in [0.3, 0.4) is 0 Å². The first-order chi connectivity index (χ1) is 8.03. The van der Waals surface area contributed by atoms with Crippen molar-refractivity contribution in [1.29, 1.82) is 0 Å². The van der Waals surface area contributed by atoms with Crippen LogP contribution in [0.2, 0.25) is 0 Å². The number of nitrogens with one attached hydrogen (secondary N) is 2. The van der Waals surface area contributed by atoms with Gasteiger partial charge in [0.15, 0.2) is 0 Å². The number of carbonyl (C=O) groups excluding carboxylic acids is 1. The highest BCUT2D eigenvalue weighted by molar-refractivity contribution is 5.93. The Hall–Kier alpha value is -1.58. The van der Waals surface area contributed by atoms with Gasteiger partial charge in [-0.1, -0.05) is 6.07 Å². The van der Waals surface area contributed by atoms with Crippen LogP contribution < -0.4 is 10.6 Å². The molecule has 4 nitrogen and oxygen atoms in total. The van der Waals surface area contributed by atoms with Crippen molar-refractivity contribution < 1.29 is 4.79 Å². The Morgan fingerprint density at radius 1 is 1.41 bits per heavy atom. The second-order valence-corrected chi connectivity index (χ2v) is 5.11. The van der Waals surface area contributed by atoms with Crippen molar-refractivity contribution in [2.24, 2.45) is 5.92 Å². The standard InChI is InChI=1S/C13H19N3O/c1-13(2,9-7-8-9)16-12(17)10-5-4-6-11(14-3)15-10/h4-6,9H,7-8H2,1-3H3,(H,14,15)(H,16,17). The topological polar surface area (TPSA) is 54.0 Å². The minimum Gasteiger partial charge on any atom is -0.373 e. The minimum absolute atomic E-state index is 0.0981. The van der Waals surface area contributed by atoms with Crippen LogP contribution in [0.4, 0.5) is 5.82 Å². The second-order valence-electron chi connectivity index (χ2n) is 5.11. The van der Waals surface area contributed by atoms with Gasteiger partial charge in [-0.25, -0.2) is 4.98 Å². The first-order valence-corrected chi connectivity index (χ1v) is 6.00. The van der Waals surface area contributed by atoms with Gasteiger partial charge in [-0.15, -0.1) is 0 Å². The lowest BCUT2D eigenvalue weighted by Gasteiger charge is -2.25. The van der Waals surface area contributed by atoms with E-state index in [2.05, 4.69) is 29.5 Å². The SMILES string of the molecule is CNc1cccc(C(=O)NC(C)(C)C2CC2)n1. The van der Waals surface area contributed by atoms with E-state index in [1.54, 1.807) is 13.1 Å². The van der Waals surface area contributed by atoms with E-state index in [1.807, 2.05) is 12.1 Å². The Kier molecular flexibility index (Phi) is 3.05. The molecule has 0 unspecified atom stereocenters. The monoisotopic (exact) mass is 233 g/mol. The predicted molar refractivity (Wildman–Crippen MR) is 68.1 cm³/mol. The zero-order valence-corrected chi connectivity index (χ0v) is 10.6. The molecule has 1 saturated carbocycles. The summed E-state index contributed by atoms with van der Waals surface area (Å²) in [6, 6.07) is 5.40. The maximum absolute atomic E-state index is 12.1. The predicted octanol–water partition coefficient (Wildman–Crippen LogP) is 2.04. The molecule has 92 valence electrons. The van der Waals surface area contributed by atoms with Crippen LogP contribution in [0.5, 0.6) is 0 Å². The van der Waals surface area contributed by atoms with Gasteiger partial charge in [0.05, 0.1) is 0 Å². The molecule has 0 atom stereocenters. The Morgan fingerprint density at radius 3 is 2.71 bits per heavy atom. The van der Waals surface area contributed by atoms with Gasteiger partial charge in [0.25, 0.3) is 5.91 Å². The molecular weight excluding hydrogens is 214 g/mol. The van der Waals surface area contributed by atoms with Gasteiger partial charge in [0.2, 0.25) is 0 Å². The zero-order valence-electron chi connectivity index (χ0n) is 10.6. The molecular formula is C13H19N3O. The van der Waals surface area contributed by atoms with Crippen molar-refractivity contribution in [1.82, 2.24) is 10.3 Å². The molecule has 1 aromatic rings. The number of anilines is 1. The summed E-state index contributed by atoms with van der Waals surface area (Å²) in [7, 11) is 1.79. The number of rotatable bonds is 4. The highest BCUT2D eigenvalue weighted by atomic mass is 16.2. The molecule has 2 N–H and O–H groups in total. The number of aromatic nitrogens is 1. The molecule has 0 radical (unpaired) electrons. The average Bonchev–Trinajstić information content (AvgIpc) is 3.12. The molecule has 1 aliphatic rings. The molecule has 17 heavy (non-hydrogen) atoms. The Bertz CT molecular complexity index is 424. The average molecular weight is 233 g/mol. The summed E-state index contributed by atoms with van der Waals surface area (Å²) < 4.78 is 0. The van der Waals surface area contributed by atoms with E-state index in [9.17, 15) is 4.79 Å². The maximum Gasteiger partial charge on any atom is 0.270 e. The lowest BCUT2D eigenvalue weighted by molar-refractivity contribution is 0.0898. The van der Waals surface area contributed by atoms with Crippen LogP contribution in [-0.2, 0) is 0 Å². The third kappa shape index (κ3) is 2.75. The maximum atomic E-state index is 12.1. The molecule has 4 heteroatoms. The third-order valence-electron chi connectivity index (χ3n) is 3.27. The summed E-state index contributed by atoms with van der Waals surface area (Å²) in [5, 5.41) is 5.99. The first kappa shape index (κ1) is 11.9. The van der Waals surface area contributed by atoms with Gasteiger partial charge in [-0.05, 0) is 44.7 Å². The fourth-order valence-electron chi connectivity index (χ4n) is 1.96. The van der Waals surface area contributed by atoms with Crippen molar-refractivity contribution in [2.45, 2.75) is 32.2 Å². The van der Waals surface area contributed by atoms with Gasteiger partial charge in [-0.3, -0.25) is 4.79 Å². The normalized spacial score (nSPS) is 15.5. The van der Waals surface area contributed by atoms with Crippen LogP contribution >= 0.6 is 0 Å². The van der Waals surface area contributed by atoms with Crippen LogP contribution in [0.15, 0.2) is 18.2 Å². The van der Waals surface area contributed by atoms with Gasteiger partial charge >= 0.3 is 0 Å². The number of nitrogens with zero attached hydrogens (tertiary/aromatic N) is 1. The molecule has 0 spiro atoms. The fraction of sp³-hybridized carbons (Fsp3) is 0.538. The largest absolute Gasteiger partial charge is 0.373 e. The van der Waals surface area contributed by atoms with Crippen molar-refractivity contribution in [3.05, 3.63) is 23.9 Å². The summed E-state index contributed by atoms with van der Waals surface area (Å²) >= 11 is 0. The fourth-order valence-corrected chi connectivity index (χ4v) is 1.96. The number of pyridine rings is 1. The Balaban J connectivity index is 2.08. The van der Waals surface area contributed by atoms with Crippen LogP contribution in [0.1, 0.15) is 37.2 Å². The van der Waals surface area contributed by atoms with E-state index in [1.165, 1.54) is 12.8 Å². The van der Waals surface area contributed by atoms with Crippen molar-refractivity contribution >= 4 is 11.7 Å². The van der Waals surface area contributed by atoms with E-state index in [0.29, 0.717) is 17.4 Å². The number of hydrogen-bond acceptors (Lipinski definition) is 3. The van der Waals surface area contributed by atoms with E-state index >= 15 is 0 Å². The summed E-state index contributed by atoms with van der Waals surface area (Å²) in [5.41, 5.74) is 0.333. The molecule has 1 aromatic heterocycles. The molecule has 0 aromatic carbocycles. The zero-order chi connectivity index (χ0) is 12.5. The molecule has 0 aliphatic heterocycles. The number of hydrogen-bond donors (Lipinski definition) is 2. The Morgan fingerprint density at radius 2 is 2.12 bits per heavy atom. The molecule has 1 heterocycles. The van der Waals surface area contributed by atoms with Crippen molar-refractivity contribution in [3.63, 3.8) is 0 Å². The summed E-state index contributed by atoms with van der Waals surface area (Å²) in [6.45, 7) is 4.15. The summed E-state index contributed by atoms with van der Waals surface area (Å²) in [4.78, 5) is 16.3. The number of amides is 1. The van der Waals surface area contributed by atoms with E-state index in [-0.39, 0.29) is 11.4 Å². The smallest absolute Gasteiger partial charge is 0.270 e. The van der Waals surface area contributed by atoms with Crippen LogP contribution in [0.25, 0.3) is 0 Å². The van der Waals surface area contributed by atoms with E-state index in [0.717, 1.165) is 0 Å². The Labute approximate surface area is 102 Å². The van der Waals surface area contributed by atoms with Crippen LogP contribution in [-0.4, -0.2) is 23.5 Å². The second kappa shape index (κ2) is 4.35. The van der Waals surface area contributed by atoms with Crippen molar-refractivity contribution in [2.75, 3.05) is 12.4 Å². The third-order valence-corrected chi connectivity index (χ3v) is 3.27. The van der Waals surface area contributed by atoms with E-state index < -0.39 is 0 Å². The van der Waals surface area contributed by atoms with E-state index in [4.69, 9.17) is 0 Å². The highest BCUT2D eigenvalue weighted by Gasteiger charge is 2.38. The highest BCUT2D eigenvalue weighted by Crippen LogP contribution is 2.39. The van der Waals surface area contributed by atoms with Crippen molar-refractivity contribution in [3.8, 4) is 0 Å². The quantitative estimate of drug-likeness (QED) is 0.836. The lowest BCUT2D eigenvalue weighted by Crippen LogP contribution is -2.45. The first-order valence-electron chi connectivity index (χ1n) is 6.00. The lowest BCUT2D eigenvalue weighted by atomic mass is 9.98.